The summed E-state index contributed by atoms with van der Waals surface area (Å²) in [4.78, 5) is 0. The van der Waals surface area contributed by atoms with Crippen LogP contribution in [0.15, 0.2) is 18.5 Å². The maximum atomic E-state index is 3.60. The molecule has 0 saturated carbocycles. The van der Waals surface area contributed by atoms with Gasteiger partial charge in [-0.3, -0.25) is 0 Å². The van der Waals surface area contributed by atoms with Gasteiger partial charge in [0.2, 0.25) is 0 Å². The highest BCUT2D eigenvalue weighted by molar-refractivity contribution is 5.15. The van der Waals surface area contributed by atoms with Crippen LogP contribution in [0.4, 0.5) is 0 Å². The Morgan fingerprint density at radius 1 is 1.18 bits per heavy atom. The van der Waals surface area contributed by atoms with Crippen molar-refractivity contribution in [1.29, 1.82) is 0 Å². The highest BCUT2D eigenvalue weighted by Gasteiger charge is 2.09. The van der Waals surface area contributed by atoms with Crippen LogP contribution in [0.1, 0.15) is 64.5 Å². The van der Waals surface area contributed by atoms with E-state index < -0.39 is 0 Å². The molecule has 0 aromatic carbocycles. The molecule has 1 atom stereocenters. The molecule has 2 nitrogen and oxygen atoms in total. The molecule has 1 heterocycles. The van der Waals surface area contributed by atoms with Gasteiger partial charge in [-0.25, -0.2) is 0 Å². The van der Waals surface area contributed by atoms with Gasteiger partial charge in [0, 0.05) is 25.0 Å². The summed E-state index contributed by atoms with van der Waals surface area (Å²) in [6.07, 6.45) is 10.8. The van der Waals surface area contributed by atoms with E-state index in [0.29, 0.717) is 6.04 Å². The maximum absolute atomic E-state index is 3.60. The van der Waals surface area contributed by atoms with Gasteiger partial charge in [-0.05, 0) is 37.4 Å². The van der Waals surface area contributed by atoms with Crippen LogP contribution in [0, 0.1) is 0 Å². The highest BCUT2D eigenvalue weighted by Crippen LogP contribution is 2.17. The van der Waals surface area contributed by atoms with Crippen molar-refractivity contribution >= 4 is 0 Å². The van der Waals surface area contributed by atoms with Crippen molar-refractivity contribution < 1.29 is 0 Å². The zero-order valence-corrected chi connectivity index (χ0v) is 11.7. The Bertz CT molecular complexity index is 291. The van der Waals surface area contributed by atoms with Gasteiger partial charge in [0.25, 0.3) is 0 Å². The molecule has 1 unspecified atom stereocenters. The Hall–Kier alpha value is -0.760. The van der Waals surface area contributed by atoms with E-state index in [1.54, 1.807) is 0 Å². The first-order valence-electron chi connectivity index (χ1n) is 7.20. The Labute approximate surface area is 106 Å². The smallest absolute Gasteiger partial charge is 0.0332 e. The van der Waals surface area contributed by atoms with Gasteiger partial charge in [-0.2, -0.15) is 0 Å². The third-order valence-corrected chi connectivity index (χ3v) is 3.24. The molecule has 2 heteroatoms. The van der Waals surface area contributed by atoms with Crippen molar-refractivity contribution in [1.82, 2.24) is 9.88 Å². The van der Waals surface area contributed by atoms with Gasteiger partial charge in [0.1, 0.15) is 0 Å². The van der Waals surface area contributed by atoms with Crippen molar-refractivity contribution in [3.63, 3.8) is 0 Å². The lowest BCUT2D eigenvalue weighted by Gasteiger charge is -2.15. The Balaban J connectivity index is 2.46. The molecule has 1 N–H and O–H groups in total. The van der Waals surface area contributed by atoms with E-state index in [1.165, 1.54) is 37.7 Å². The third kappa shape index (κ3) is 4.95. The summed E-state index contributed by atoms with van der Waals surface area (Å²) < 4.78 is 2.33. The van der Waals surface area contributed by atoms with Crippen LogP contribution >= 0.6 is 0 Å². The summed E-state index contributed by atoms with van der Waals surface area (Å²) in [5.74, 6) is 0. The van der Waals surface area contributed by atoms with E-state index in [0.717, 1.165) is 13.1 Å². The minimum atomic E-state index is 0.530. The summed E-state index contributed by atoms with van der Waals surface area (Å²) in [6, 6.07) is 2.80. The number of hydrogen-bond donors (Lipinski definition) is 1. The molecule has 0 radical (unpaired) electrons. The second-order valence-electron chi connectivity index (χ2n) is 4.80. The summed E-state index contributed by atoms with van der Waals surface area (Å²) in [5, 5.41) is 3.60. The Morgan fingerprint density at radius 3 is 2.65 bits per heavy atom. The topological polar surface area (TPSA) is 17.0 Å². The minimum absolute atomic E-state index is 0.530. The summed E-state index contributed by atoms with van der Waals surface area (Å²) in [7, 11) is 0. The number of rotatable bonds is 9. The average molecular weight is 236 g/mol. The molecular formula is C15H28N2. The van der Waals surface area contributed by atoms with Crippen molar-refractivity contribution in [3.05, 3.63) is 24.0 Å². The second-order valence-corrected chi connectivity index (χ2v) is 4.80. The number of nitrogens with zero attached hydrogens (tertiary/aromatic N) is 1. The molecule has 0 fully saturated rings. The number of aryl methyl sites for hydroxylation is 1. The van der Waals surface area contributed by atoms with Crippen LogP contribution in [0.25, 0.3) is 0 Å². The SMILES string of the molecule is CCCCCn1ccc(C(CC)NCCC)c1. The second kappa shape index (κ2) is 8.35. The number of aromatic nitrogens is 1. The monoisotopic (exact) mass is 236 g/mol. The fourth-order valence-corrected chi connectivity index (χ4v) is 2.17. The van der Waals surface area contributed by atoms with E-state index in [2.05, 4.69) is 49.1 Å². The normalized spacial score (nSPS) is 12.9. The van der Waals surface area contributed by atoms with Crippen LogP contribution in [0.2, 0.25) is 0 Å². The number of hydrogen-bond acceptors (Lipinski definition) is 1. The average Bonchev–Trinajstić information content (AvgIpc) is 2.79. The summed E-state index contributed by atoms with van der Waals surface area (Å²) in [6.45, 7) is 9.00. The molecule has 0 aliphatic rings. The lowest BCUT2D eigenvalue weighted by Crippen LogP contribution is -2.21. The third-order valence-electron chi connectivity index (χ3n) is 3.24. The molecule has 1 rings (SSSR count). The quantitative estimate of drug-likeness (QED) is 0.638. The molecular weight excluding hydrogens is 208 g/mol. The van der Waals surface area contributed by atoms with Gasteiger partial charge in [-0.15, -0.1) is 0 Å². The van der Waals surface area contributed by atoms with Gasteiger partial charge in [-0.1, -0.05) is 33.6 Å². The number of unbranched alkanes of at least 4 members (excludes halogenated alkanes) is 2. The molecule has 98 valence electrons. The Morgan fingerprint density at radius 2 is 2.00 bits per heavy atom. The maximum Gasteiger partial charge on any atom is 0.0332 e. The zero-order valence-electron chi connectivity index (χ0n) is 11.7. The van der Waals surface area contributed by atoms with Crippen molar-refractivity contribution in [3.8, 4) is 0 Å². The molecule has 0 spiro atoms. The standard InChI is InChI=1S/C15H28N2/c1-4-7-8-11-17-12-9-14(13-17)15(6-3)16-10-5-2/h9,12-13,15-16H,4-8,10-11H2,1-3H3. The predicted octanol–water partition coefficient (Wildman–Crippen LogP) is 4.13. The predicted molar refractivity (Wildman–Crippen MR) is 75.3 cm³/mol. The van der Waals surface area contributed by atoms with Crippen molar-refractivity contribution in [2.24, 2.45) is 0 Å². The highest BCUT2D eigenvalue weighted by atomic mass is 15.0. The van der Waals surface area contributed by atoms with Crippen molar-refractivity contribution in [2.75, 3.05) is 6.54 Å². The molecule has 1 aromatic rings. The fraction of sp³-hybridized carbons (Fsp3) is 0.733. The molecule has 17 heavy (non-hydrogen) atoms. The molecule has 0 aliphatic heterocycles. The molecule has 0 amide bonds. The van der Waals surface area contributed by atoms with E-state index in [9.17, 15) is 0 Å². The molecule has 0 aliphatic carbocycles. The molecule has 0 saturated heterocycles. The van der Waals surface area contributed by atoms with E-state index >= 15 is 0 Å². The van der Waals surface area contributed by atoms with Gasteiger partial charge in [0.15, 0.2) is 0 Å². The number of nitrogens with one attached hydrogen (secondary N) is 1. The van der Waals surface area contributed by atoms with Crippen LogP contribution in [0.5, 0.6) is 0 Å². The lowest BCUT2D eigenvalue weighted by atomic mass is 10.1. The van der Waals surface area contributed by atoms with Crippen LogP contribution < -0.4 is 5.32 Å². The van der Waals surface area contributed by atoms with Gasteiger partial charge < -0.3 is 9.88 Å². The van der Waals surface area contributed by atoms with Gasteiger partial charge >= 0.3 is 0 Å². The fourth-order valence-electron chi connectivity index (χ4n) is 2.17. The molecule has 1 aromatic heterocycles. The van der Waals surface area contributed by atoms with Crippen LogP contribution in [-0.2, 0) is 6.54 Å². The van der Waals surface area contributed by atoms with E-state index in [4.69, 9.17) is 0 Å². The zero-order chi connectivity index (χ0) is 12.5. The first kappa shape index (κ1) is 14.3. The van der Waals surface area contributed by atoms with E-state index in [1.807, 2.05) is 0 Å². The van der Waals surface area contributed by atoms with Crippen molar-refractivity contribution in [2.45, 2.75) is 65.5 Å². The van der Waals surface area contributed by atoms with Gasteiger partial charge in [0.05, 0.1) is 0 Å². The summed E-state index contributed by atoms with van der Waals surface area (Å²) in [5.41, 5.74) is 1.44. The minimum Gasteiger partial charge on any atom is -0.354 e. The Kier molecular flexibility index (Phi) is 7.02. The van der Waals surface area contributed by atoms with Crippen LogP contribution in [-0.4, -0.2) is 11.1 Å². The first-order chi connectivity index (χ1) is 8.31. The molecule has 0 bridgehead atoms. The van der Waals surface area contributed by atoms with Crippen LogP contribution in [0.3, 0.4) is 0 Å². The first-order valence-corrected chi connectivity index (χ1v) is 7.20. The van der Waals surface area contributed by atoms with E-state index in [-0.39, 0.29) is 0 Å². The lowest BCUT2D eigenvalue weighted by molar-refractivity contribution is 0.516. The largest absolute Gasteiger partial charge is 0.354 e. The summed E-state index contributed by atoms with van der Waals surface area (Å²) >= 11 is 0.